The number of carbonyl (C=O) groups excluding carboxylic acids is 3. The molecule has 3 fully saturated rings. The minimum absolute atomic E-state index is 0.0892. The SMILES string of the molecule is CC(=O)OC[C@@]1(C)[C@H](OC(C)=O)C2=C(C)C3(CC3)C(C)(O)C(=O)[C@]23C[C@@H]31. The van der Waals surface area contributed by atoms with Crippen LogP contribution in [0.25, 0.3) is 0 Å². The van der Waals surface area contributed by atoms with Crippen LogP contribution in [0.1, 0.15) is 53.9 Å². The van der Waals surface area contributed by atoms with Crippen molar-refractivity contribution in [1.82, 2.24) is 0 Å². The van der Waals surface area contributed by atoms with Crippen LogP contribution in [0.15, 0.2) is 11.1 Å². The third-order valence-electron chi connectivity index (χ3n) is 7.62. The van der Waals surface area contributed by atoms with Gasteiger partial charge in [-0.25, -0.2) is 0 Å². The van der Waals surface area contributed by atoms with Crippen molar-refractivity contribution >= 4 is 17.7 Å². The van der Waals surface area contributed by atoms with Crippen molar-refractivity contribution in [2.45, 2.75) is 65.6 Å². The summed E-state index contributed by atoms with van der Waals surface area (Å²) in [5.41, 5.74) is -1.54. The highest BCUT2D eigenvalue weighted by molar-refractivity contribution is 6.02. The number of hydrogen-bond acceptors (Lipinski definition) is 6. The molecule has 0 amide bonds. The van der Waals surface area contributed by atoms with Crippen LogP contribution < -0.4 is 0 Å². The van der Waals surface area contributed by atoms with E-state index in [2.05, 4.69) is 0 Å². The van der Waals surface area contributed by atoms with Gasteiger partial charge in [0, 0.05) is 24.7 Å². The molecule has 0 aromatic heterocycles. The maximum atomic E-state index is 13.4. The van der Waals surface area contributed by atoms with Gasteiger partial charge < -0.3 is 14.6 Å². The van der Waals surface area contributed by atoms with E-state index < -0.39 is 39.9 Å². The lowest BCUT2D eigenvalue weighted by atomic mass is 9.63. The zero-order chi connectivity index (χ0) is 19.3. The van der Waals surface area contributed by atoms with Gasteiger partial charge in [0.1, 0.15) is 18.3 Å². The summed E-state index contributed by atoms with van der Waals surface area (Å²) in [5.74, 6) is -1.08. The zero-order valence-corrected chi connectivity index (χ0v) is 16.0. The molecule has 0 heterocycles. The van der Waals surface area contributed by atoms with Crippen LogP contribution in [0.2, 0.25) is 0 Å². The molecule has 3 saturated carbocycles. The Labute approximate surface area is 152 Å². The van der Waals surface area contributed by atoms with Crippen molar-refractivity contribution < 1.29 is 29.0 Å². The highest BCUT2D eigenvalue weighted by Crippen LogP contribution is 2.81. The number of hydrogen-bond donors (Lipinski definition) is 1. The lowest BCUT2D eigenvalue weighted by Crippen LogP contribution is -2.54. The maximum absolute atomic E-state index is 13.4. The average molecular weight is 362 g/mol. The molecule has 26 heavy (non-hydrogen) atoms. The minimum atomic E-state index is -1.40. The number of esters is 2. The van der Waals surface area contributed by atoms with Crippen molar-refractivity contribution in [2.24, 2.45) is 22.2 Å². The summed E-state index contributed by atoms with van der Waals surface area (Å²) in [6.07, 6.45) is 1.53. The van der Waals surface area contributed by atoms with Gasteiger partial charge in [0.05, 0.1) is 5.41 Å². The molecule has 6 heteroatoms. The minimum Gasteiger partial charge on any atom is -0.465 e. The molecule has 1 unspecified atom stereocenters. The molecule has 5 atom stereocenters. The number of rotatable bonds is 3. The van der Waals surface area contributed by atoms with Crippen molar-refractivity contribution in [3.05, 3.63) is 11.1 Å². The Morgan fingerprint density at radius 3 is 2.31 bits per heavy atom. The molecule has 0 saturated heterocycles. The Hall–Kier alpha value is -1.69. The van der Waals surface area contributed by atoms with Gasteiger partial charge in [-0.1, -0.05) is 12.5 Å². The molecule has 2 spiro atoms. The predicted molar refractivity (Wildman–Crippen MR) is 90.8 cm³/mol. The summed E-state index contributed by atoms with van der Waals surface area (Å²) in [5, 5.41) is 11.1. The molecule has 0 aromatic rings. The highest BCUT2D eigenvalue weighted by atomic mass is 16.6. The van der Waals surface area contributed by atoms with Gasteiger partial charge in [-0.2, -0.15) is 0 Å². The Balaban J connectivity index is 1.87. The Morgan fingerprint density at radius 1 is 1.19 bits per heavy atom. The van der Waals surface area contributed by atoms with E-state index in [9.17, 15) is 19.5 Å². The fraction of sp³-hybridized carbons (Fsp3) is 0.750. The highest BCUT2D eigenvalue weighted by Gasteiger charge is 2.84. The number of Topliss-reactive ketones (excluding diaryl/α,β-unsaturated/α-hetero) is 1. The van der Waals surface area contributed by atoms with E-state index in [1.165, 1.54) is 13.8 Å². The molecule has 4 aliphatic carbocycles. The molecule has 4 aliphatic rings. The van der Waals surface area contributed by atoms with Crippen molar-refractivity contribution in [2.75, 3.05) is 6.61 Å². The summed E-state index contributed by atoms with van der Waals surface area (Å²) in [4.78, 5) is 36.6. The fourth-order valence-corrected chi connectivity index (χ4v) is 6.06. The Kier molecular flexibility index (Phi) is 3.25. The van der Waals surface area contributed by atoms with Gasteiger partial charge >= 0.3 is 11.9 Å². The molecular weight excluding hydrogens is 336 g/mol. The smallest absolute Gasteiger partial charge is 0.303 e. The first kappa shape index (κ1) is 17.7. The van der Waals surface area contributed by atoms with Gasteiger partial charge in [-0.3, -0.25) is 14.4 Å². The van der Waals surface area contributed by atoms with E-state index in [1.54, 1.807) is 6.92 Å². The molecule has 0 aliphatic heterocycles. The molecule has 6 nitrogen and oxygen atoms in total. The van der Waals surface area contributed by atoms with Crippen molar-refractivity contribution in [1.29, 1.82) is 0 Å². The van der Waals surface area contributed by atoms with Gasteiger partial charge in [0.15, 0.2) is 5.78 Å². The quantitative estimate of drug-likeness (QED) is 0.610. The van der Waals surface area contributed by atoms with Crippen LogP contribution >= 0.6 is 0 Å². The molecule has 0 bridgehead atoms. The Bertz CT molecular complexity index is 773. The molecule has 0 radical (unpaired) electrons. The van der Waals surface area contributed by atoms with Crippen LogP contribution in [0.4, 0.5) is 0 Å². The van der Waals surface area contributed by atoms with Crippen molar-refractivity contribution in [3.8, 4) is 0 Å². The summed E-state index contributed by atoms with van der Waals surface area (Å²) in [6, 6.07) is 0. The largest absolute Gasteiger partial charge is 0.465 e. The third-order valence-corrected chi connectivity index (χ3v) is 7.62. The molecule has 1 N–H and O–H groups in total. The fourth-order valence-electron chi connectivity index (χ4n) is 6.06. The van der Waals surface area contributed by atoms with Crippen LogP contribution in [-0.2, 0) is 23.9 Å². The normalized spacial score (nSPS) is 44.5. The van der Waals surface area contributed by atoms with Gasteiger partial charge in [-0.15, -0.1) is 0 Å². The number of carbonyl (C=O) groups is 3. The van der Waals surface area contributed by atoms with Crippen molar-refractivity contribution in [3.63, 3.8) is 0 Å². The second-order valence-corrected chi connectivity index (χ2v) is 9.03. The van der Waals surface area contributed by atoms with E-state index in [0.29, 0.717) is 6.42 Å². The van der Waals surface area contributed by atoms with E-state index in [1.807, 2.05) is 13.8 Å². The monoisotopic (exact) mass is 362 g/mol. The number of aliphatic hydroxyl groups is 1. The predicted octanol–water partition coefficient (Wildman–Crippen LogP) is 1.94. The molecule has 142 valence electrons. The van der Waals surface area contributed by atoms with Gasteiger partial charge in [0.25, 0.3) is 0 Å². The number of ether oxygens (including phenoxy) is 2. The van der Waals surface area contributed by atoms with E-state index in [0.717, 1.165) is 24.0 Å². The molecular formula is C20H26O6. The topological polar surface area (TPSA) is 89.9 Å². The number of ketones is 1. The summed E-state index contributed by atoms with van der Waals surface area (Å²) >= 11 is 0. The lowest BCUT2D eigenvalue weighted by Gasteiger charge is -2.43. The molecule has 4 rings (SSSR count). The lowest BCUT2D eigenvalue weighted by molar-refractivity contribution is -0.157. The van der Waals surface area contributed by atoms with Crippen LogP contribution in [0.5, 0.6) is 0 Å². The Morgan fingerprint density at radius 2 is 1.81 bits per heavy atom. The van der Waals surface area contributed by atoms with Crippen LogP contribution in [0, 0.1) is 22.2 Å². The first-order valence-electron chi connectivity index (χ1n) is 9.25. The summed E-state index contributed by atoms with van der Waals surface area (Å²) in [6.45, 7) is 8.31. The zero-order valence-electron chi connectivity index (χ0n) is 16.0. The standard InChI is InChI=1S/C20H26O6/c1-10-14-15(26-12(3)22)17(4,9-25-11(2)21)13-8-20(13,14)16(23)18(5,24)19(10)6-7-19/h13,15,24H,6-9H2,1-5H3/t13-,15-,17-,18?,20+/m1/s1. The van der Waals surface area contributed by atoms with E-state index in [-0.39, 0.29) is 18.3 Å². The first-order valence-corrected chi connectivity index (χ1v) is 9.25. The van der Waals surface area contributed by atoms with Gasteiger partial charge in [-0.05, 0) is 44.6 Å². The second kappa shape index (κ2) is 4.77. The summed E-state index contributed by atoms with van der Waals surface area (Å²) < 4.78 is 11.0. The average Bonchev–Trinajstić information content (AvgIpc) is 3.42. The van der Waals surface area contributed by atoms with Crippen LogP contribution in [-0.4, -0.2) is 41.1 Å². The van der Waals surface area contributed by atoms with E-state index in [4.69, 9.17) is 9.47 Å². The third kappa shape index (κ3) is 1.79. The summed E-state index contributed by atoms with van der Waals surface area (Å²) in [7, 11) is 0. The van der Waals surface area contributed by atoms with Gasteiger partial charge in [0.2, 0.25) is 0 Å². The van der Waals surface area contributed by atoms with E-state index >= 15 is 0 Å². The first-order chi connectivity index (χ1) is 11.9. The second-order valence-electron chi connectivity index (χ2n) is 9.03. The maximum Gasteiger partial charge on any atom is 0.303 e. The molecule has 0 aromatic carbocycles. The van der Waals surface area contributed by atoms with Crippen LogP contribution in [0.3, 0.4) is 0 Å².